The zero-order chi connectivity index (χ0) is 23.5. The van der Waals surface area contributed by atoms with Crippen LogP contribution in [0.15, 0.2) is 53.6 Å². The van der Waals surface area contributed by atoms with E-state index in [0.29, 0.717) is 39.1 Å². The van der Waals surface area contributed by atoms with Crippen molar-refractivity contribution in [3.8, 4) is 11.8 Å². The summed E-state index contributed by atoms with van der Waals surface area (Å²) >= 11 is 6.48. The van der Waals surface area contributed by atoms with E-state index in [2.05, 4.69) is 25.3 Å². The van der Waals surface area contributed by atoms with Crippen LogP contribution in [0.4, 0.5) is 5.95 Å². The van der Waals surface area contributed by atoms with Crippen molar-refractivity contribution in [2.75, 3.05) is 5.32 Å². The maximum atomic E-state index is 12.8. The Morgan fingerprint density at radius 1 is 1.21 bits per heavy atom. The van der Waals surface area contributed by atoms with E-state index in [-0.39, 0.29) is 17.7 Å². The molecule has 0 radical (unpaired) electrons. The molecule has 166 valence electrons. The third-order valence-corrected chi connectivity index (χ3v) is 5.54. The number of aromatic amines is 1. The fourth-order valence-electron chi connectivity index (χ4n) is 3.42. The summed E-state index contributed by atoms with van der Waals surface area (Å²) in [5.74, 6) is 0.794. The molecule has 0 aliphatic carbocycles. The summed E-state index contributed by atoms with van der Waals surface area (Å²) in [5, 5.41) is 13.3. The van der Waals surface area contributed by atoms with E-state index in [4.69, 9.17) is 21.6 Å². The maximum Gasteiger partial charge on any atom is 0.253 e. The van der Waals surface area contributed by atoms with Gasteiger partial charge in [0.05, 0.1) is 39.7 Å². The first-order valence-corrected chi connectivity index (χ1v) is 10.7. The summed E-state index contributed by atoms with van der Waals surface area (Å²) in [7, 11) is 0. The fraction of sp³-hybridized carbons (Fsp3) is 0.208. The number of benzene rings is 1. The molecule has 2 atom stereocenters. The van der Waals surface area contributed by atoms with Crippen LogP contribution >= 0.6 is 11.6 Å². The second kappa shape index (κ2) is 9.27. The number of halogens is 1. The molecule has 4 aromatic rings. The Morgan fingerprint density at radius 2 is 2.03 bits per heavy atom. The van der Waals surface area contributed by atoms with Crippen molar-refractivity contribution >= 4 is 28.5 Å². The van der Waals surface area contributed by atoms with Gasteiger partial charge in [-0.05, 0) is 45.0 Å². The zero-order valence-corrected chi connectivity index (χ0v) is 19.0. The van der Waals surface area contributed by atoms with Gasteiger partial charge in [0.25, 0.3) is 5.56 Å². The summed E-state index contributed by atoms with van der Waals surface area (Å²) in [4.78, 5) is 28.4. The molecule has 0 amide bonds. The maximum absolute atomic E-state index is 12.8. The monoisotopic (exact) mass is 460 g/mol. The first-order valence-electron chi connectivity index (χ1n) is 10.3. The predicted molar refractivity (Wildman–Crippen MR) is 126 cm³/mol. The van der Waals surface area contributed by atoms with Gasteiger partial charge in [-0.25, -0.2) is 9.97 Å². The SMILES string of the molecule is Cc1nc(N[C@@H](C)c2cc3cc(Cl)c(O[C@H](C)c4ccccn4)cc3[nH]c2=O)ncc1C#N. The van der Waals surface area contributed by atoms with Crippen LogP contribution in [0.2, 0.25) is 5.02 Å². The van der Waals surface area contributed by atoms with Gasteiger partial charge in [0.15, 0.2) is 0 Å². The van der Waals surface area contributed by atoms with Crippen molar-refractivity contribution in [1.29, 1.82) is 5.26 Å². The molecule has 0 fully saturated rings. The van der Waals surface area contributed by atoms with E-state index >= 15 is 0 Å². The van der Waals surface area contributed by atoms with Gasteiger partial charge in [0.1, 0.15) is 17.9 Å². The number of nitrogens with one attached hydrogen (secondary N) is 2. The van der Waals surface area contributed by atoms with Gasteiger partial charge in [-0.15, -0.1) is 0 Å². The Kier molecular flexibility index (Phi) is 6.24. The minimum atomic E-state index is -0.385. The number of anilines is 1. The second-order valence-electron chi connectivity index (χ2n) is 7.61. The molecular weight excluding hydrogens is 440 g/mol. The molecule has 0 saturated carbocycles. The average molecular weight is 461 g/mol. The highest BCUT2D eigenvalue weighted by Crippen LogP contribution is 2.32. The minimum Gasteiger partial charge on any atom is -0.483 e. The summed E-state index contributed by atoms with van der Waals surface area (Å²) in [6.45, 7) is 5.45. The number of nitriles is 1. The molecule has 0 saturated heterocycles. The van der Waals surface area contributed by atoms with Crippen LogP contribution in [0.3, 0.4) is 0 Å². The van der Waals surface area contributed by atoms with Gasteiger partial charge in [0, 0.05) is 23.2 Å². The highest BCUT2D eigenvalue weighted by Gasteiger charge is 2.16. The molecule has 3 heterocycles. The highest BCUT2D eigenvalue weighted by atomic mass is 35.5. The second-order valence-corrected chi connectivity index (χ2v) is 8.02. The van der Waals surface area contributed by atoms with E-state index in [1.807, 2.05) is 38.1 Å². The Labute approximate surface area is 195 Å². The van der Waals surface area contributed by atoms with E-state index < -0.39 is 0 Å². The van der Waals surface area contributed by atoms with Gasteiger partial charge in [0.2, 0.25) is 5.95 Å². The molecular formula is C24H21ClN6O2. The van der Waals surface area contributed by atoms with Crippen LogP contribution in [0, 0.1) is 18.3 Å². The highest BCUT2D eigenvalue weighted by molar-refractivity contribution is 6.32. The molecule has 1 aromatic carbocycles. The van der Waals surface area contributed by atoms with Crippen molar-refractivity contribution < 1.29 is 4.74 Å². The topological polar surface area (TPSA) is 117 Å². The number of fused-ring (bicyclic) bond motifs is 1. The number of rotatable bonds is 6. The van der Waals surface area contributed by atoms with Crippen molar-refractivity contribution in [3.63, 3.8) is 0 Å². The lowest BCUT2D eigenvalue weighted by molar-refractivity contribution is 0.222. The molecule has 3 aromatic heterocycles. The summed E-state index contributed by atoms with van der Waals surface area (Å²) in [6.07, 6.45) is 2.84. The number of aryl methyl sites for hydroxylation is 1. The van der Waals surface area contributed by atoms with Crippen molar-refractivity contribution in [2.45, 2.75) is 32.9 Å². The van der Waals surface area contributed by atoms with Gasteiger partial charge in [-0.2, -0.15) is 5.26 Å². The predicted octanol–water partition coefficient (Wildman–Crippen LogP) is 4.86. The zero-order valence-electron chi connectivity index (χ0n) is 18.3. The van der Waals surface area contributed by atoms with Crippen LogP contribution in [-0.2, 0) is 0 Å². The van der Waals surface area contributed by atoms with E-state index in [1.54, 1.807) is 31.3 Å². The minimum absolute atomic E-state index is 0.251. The molecule has 0 aliphatic rings. The number of H-pyrrole nitrogens is 1. The lowest BCUT2D eigenvalue weighted by Crippen LogP contribution is -2.20. The number of hydrogen-bond donors (Lipinski definition) is 2. The van der Waals surface area contributed by atoms with Crippen molar-refractivity contribution in [1.82, 2.24) is 19.9 Å². The van der Waals surface area contributed by atoms with Gasteiger partial charge in [-0.1, -0.05) is 17.7 Å². The fourth-order valence-corrected chi connectivity index (χ4v) is 3.64. The molecule has 33 heavy (non-hydrogen) atoms. The van der Waals surface area contributed by atoms with Gasteiger partial charge < -0.3 is 15.0 Å². The molecule has 0 unspecified atom stereocenters. The van der Waals surface area contributed by atoms with Gasteiger partial charge in [-0.3, -0.25) is 9.78 Å². The lowest BCUT2D eigenvalue weighted by atomic mass is 10.1. The van der Waals surface area contributed by atoms with Crippen molar-refractivity contribution in [2.24, 2.45) is 0 Å². The Morgan fingerprint density at radius 3 is 2.73 bits per heavy atom. The first-order chi connectivity index (χ1) is 15.9. The molecule has 4 rings (SSSR count). The van der Waals surface area contributed by atoms with Crippen LogP contribution < -0.4 is 15.6 Å². The summed E-state index contributed by atoms with van der Waals surface area (Å²) in [5.41, 5.74) is 2.60. The number of nitrogens with zero attached hydrogens (tertiary/aromatic N) is 4. The van der Waals surface area contributed by atoms with Crippen LogP contribution in [0.1, 0.15) is 48.5 Å². The summed E-state index contributed by atoms with van der Waals surface area (Å²) in [6, 6.07) is 12.5. The van der Waals surface area contributed by atoms with Crippen molar-refractivity contribution in [3.05, 3.63) is 86.7 Å². The summed E-state index contributed by atoms with van der Waals surface area (Å²) < 4.78 is 6.00. The molecule has 9 heteroatoms. The van der Waals surface area contributed by atoms with Crippen LogP contribution in [-0.4, -0.2) is 19.9 Å². The number of aromatic nitrogens is 4. The Hall–Kier alpha value is -3.96. The number of ether oxygens (including phenoxy) is 1. The van der Waals surface area contributed by atoms with E-state index in [9.17, 15) is 4.79 Å². The number of hydrogen-bond acceptors (Lipinski definition) is 7. The Balaban J connectivity index is 1.60. The molecule has 0 spiro atoms. The van der Waals surface area contributed by atoms with E-state index in [0.717, 1.165) is 11.1 Å². The molecule has 2 N–H and O–H groups in total. The third-order valence-electron chi connectivity index (χ3n) is 5.25. The normalized spacial score (nSPS) is 12.7. The largest absolute Gasteiger partial charge is 0.483 e. The van der Waals surface area contributed by atoms with Gasteiger partial charge >= 0.3 is 0 Å². The first kappa shape index (κ1) is 22.2. The molecule has 0 bridgehead atoms. The van der Waals surface area contributed by atoms with Crippen LogP contribution in [0.25, 0.3) is 10.9 Å². The molecule has 8 nitrogen and oxygen atoms in total. The average Bonchev–Trinajstić information content (AvgIpc) is 2.80. The molecule has 0 aliphatic heterocycles. The standard InChI is InChI=1S/C24H21ClN6O2/c1-13-17(11-26)12-28-24(29-13)30-14(2)18-8-16-9-19(25)22(10-21(16)31-23(18)32)33-15(3)20-6-4-5-7-27-20/h4-10,12,14-15H,1-3H3,(H,31,32)(H,28,29,30)/t14-,15+/m0/s1. The smallest absolute Gasteiger partial charge is 0.253 e. The van der Waals surface area contributed by atoms with Crippen LogP contribution in [0.5, 0.6) is 5.75 Å². The quantitative estimate of drug-likeness (QED) is 0.422. The number of pyridine rings is 2. The van der Waals surface area contributed by atoms with E-state index in [1.165, 1.54) is 6.20 Å². The lowest BCUT2D eigenvalue weighted by Gasteiger charge is -2.17. The third kappa shape index (κ3) is 4.78. The Bertz CT molecular complexity index is 1410.